The Balaban J connectivity index is 0.00000101. The van der Waals surface area contributed by atoms with Gasteiger partial charge in [-0.15, -0.1) is 0 Å². The first-order valence-electron chi connectivity index (χ1n) is 12.2. The van der Waals surface area contributed by atoms with Crippen LogP contribution in [0.15, 0.2) is 78.9 Å². The highest BCUT2D eigenvalue weighted by Gasteiger charge is 2.74. The zero-order valence-corrected chi connectivity index (χ0v) is 19.8. The van der Waals surface area contributed by atoms with Crippen LogP contribution in [0, 0.1) is 5.41 Å². The molecule has 0 N–H and O–H groups in total. The minimum atomic E-state index is 0.126. The van der Waals surface area contributed by atoms with Crippen LogP contribution >= 0.6 is 0 Å². The fourth-order valence-electron chi connectivity index (χ4n) is 6.45. The molecular weight excluding hydrogens is 404 g/mol. The standard InChI is InChI=1S/C27H24N4.C2H6/c1-3-27-17-26(27,2)25-30(18-11-5-4-6-12-18)23-24(29-21-15-9-8-14-20(21)28-23)31(25)22-16-10-7-13-19(22)27;1-2/h4-16,25H,3,17H2,1-2H3;1-2H3. The summed E-state index contributed by atoms with van der Waals surface area (Å²) in [6.07, 6.45) is 2.50. The van der Waals surface area contributed by atoms with E-state index in [1.54, 1.807) is 0 Å². The van der Waals surface area contributed by atoms with Crippen molar-refractivity contribution in [1.29, 1.82) is 0 Å². The highest BCUT2D eigenvalue weighted by atomic mass is 15.5. The number of hydrogen-bond acceptors (Lipinski definition) is 4. The number of benzene rings is 3. The molecule has 0 saturated heterocycles. The Labute approximate surface area is 195 Å². The molecule has 7 rings (SSSR count). The van der Waals surface area contributed by atoms with Crippen LogP contribution in [0.5, 0.6) is 0 Å². The van der Waals surface area contributed by atoms with Crippen LogP contribution in [0.25, 0.3) is 11.0 Å². The molecule has 3 atom stereocenters. The van der Waals surface area contributed by atoms with E-state index < -0.39 is 0 Å². The van der Waals surface area contributed by atoms with Crippen molar-refractivity contribution < 1.29 is 0 Å². The van der Waals surface area contributed by atoms with Crippen LogP contribution in [-0.4, -0.2) is 16.1 Å². The van der Waals surface area contributed by atoms with Crippen molar-refractivity contribution in [2.24, 2.45) is 5.41 Å². The van der Waals surface area contributed by atoms with Gasteiger partial charge in [0.15, 0.2) is 11.6 Å². The quantitative estimate of drug-likeness (QED) is 0.330. The number of rotatable bonds is 2. The van der Waals surface area contributed by atoms with Gasteiger partial charge in [0.2, 0.25) is 0 Å². The SMILES string of the molecule is CC.CCC12CC1(C)C1N(c3ccccc3)c3nc4ccccc4nc3N1c1ccccc12. The van der Waals surface area contributed by atoms with E-state index in [0.29, 0.717) is 0 Å². The van der Waals surface area contributed by atoms with E-state index >= 15 is 0 Å². The summed E-state index contributed by atoms with van der Waals surface area (Å²) in [5.74, 6) is 1.93. The van der Waals surface area contributed by atoms with E-state index in [0.717, 1.165) is 29.1 Å². The van der Waals surface area contributed by atoms with Crippen molar-refractivity contribution in [3.8, 4) is 0 Å². The Morgan fingerprint density at radius 2 is 1.36 bits per heavy atom. The molecule has 4 aromatic rings. The lowest BCUT2D eigenvalue weighted by molar-refractivity contribution is 0.351. The maximum Gasteiger partial charge on any atom is 0.179 e. The Kier molecular flexibility index (Phi) is 4.32. The van der Waals surface area contributed by atoms with Gasteiger partial charge < -0.3 is 9.80 Å². The van der Waals surface area contributed by atoms with Crippen LogP contribution < -0.4 is 9.80 Å². The summed E-state index contributed by atoms with van der Waals surface area (Å²) >= 11 is 0. The largest absolute Gasteiger partial charge is 0.301 e. The fourth-order valence-corrected chi connectivity index (χ4v) is 6.45. The third-order valence-corrected chi connectivity index (χ3v) is 8.00. The fraction of sp³-hybridized carbons (Fsp3) is 0.310. The Morgan fingerprint density at radius 1 is 0.788 bits per heavy atom. The van der Waals surface area contributed by atoms with E-state index in [2.05, 4.69) is 90.4 Å². The maximum absolute atomic E-state index is 5.17. The van der Waals surface area contributed by atoms with Gasteiger partial charge in [-0.2, -0.15) is 0 Å². The Bertz CT molecular complexity index is 1350. The molecule has 1 aliphatic carbocycles. The molecule has 0 amide bonds. The van der Waals surface area contributed by atoms with E-state index in [1.807, 2.05) is 26.0 Å². The monoisotopic (exact) mass is 434 g/mol. The molecule has 3 unspecified atom stereocenters. The predicted molar refractivity (Wildman–Crippen MR) is 137 cm³/mol. The number of fused-ring (bicyclic) bond motifs is 9. The van der Waals surface area contributed by atoms with Gasteiger partial charge in [-0.05, 0) is 48.7 Å². The summed E-state index contributed by atoms with van der Waals surface area (Å²) in [5.41, 5.74) is 6.15. The molecule has 1 fully saturated rings. The molecule has 1 aromatic heterocycles. The molecule has 3 aromatic carbocycles. The second-order valence-electron chi connectivity index (χ2n) is 9.36. The number of aromatic nitrogens is 2. The first-order valence-corrected chi connectivity index (χ1v) is 12.2. The number of para-hydroxylation sites is 4. The van der Waals surface area contributed by atoms with Crippen LogP contribution in [0.4, 0.5) is 23.0 Å². The van der Waals surface area contributed by atoms with E-state index in [-0.39, 0.29) is 17.0 Å². The highest BCUT2D eigenvalue weighted by Crippen LogP contribution is 2.76. The second-order valence-corrected chi connectivity index (χ2v) is 9.36. The van der Waals surface area contributed by atoms with Crippen molar-refractivity contribution in [1.82, 2.24) is 9.97 Å². The van der Waals surface area contributed by atoms with Crippen LogP contribution in [0.1, 0.15) is 46.1 Å². The lowest BCUT2D eigenvalue weighted by Gasteiger charge is -2.44. The third-order valence-electron chi connectivity index (χ3n) is 8.00. The molecule has 3 heterocycles. The molecular formula is C29H30N4. The Morgan fingerprint density at radius 3 is 2.03 bits per heavy atom. The highest BCUT2D eigenvalue weighted by molar-refractivity contribution is 5.92. The first-order chi connectivity index (χ1) is 16.2. The van der Waals surface area contributed by atoms with Crippen LogP contribution in [0.3, 0.4) is 0 Å². The van der Waals surface area contributed by atoms with Gasteiger partial charge in [0.1, 0.15) is 6.17 Å². The lowest BCUT2D eigenvalue weighted by Crippen LogP contribution is -2.50. The van der Waals surface area contributed by atoms with Gasteiger partial charge in [-0.25, -0.2) is 9.97 Å². The van der Waals surface area contributed by atoms with E-state index in [9.17, 15) is 0 Å². The van der Waals surface area contributed by atoms with Crippen molar-refractivity contribution in [2.45, 2.75) is 52.1 Å². The summed E-state index contributed by atoms with van der Waals surface area (Å²) in [6.45, 7) is 8.81. The summed E-state index contributed by atoms with van der Waals surface area (Å²) in [6, 6.07) is 27.9. The van der Waals surface area contributed by atoms with Gasteiger partial charge >= 0.3 is 0 Å². The summed E-state index contributed by atoms with van der Waals surface area (Å²) in [7, 11) is 0. The van der Waals surface area contributed by atoms with Gasteiger partial charge in [-0.1, -0.05) is 76.2 Å². The average molecular weight is 435 g/mol. The topological polar surface area (TPSA) is 32.3 Å². The molecule has 4 nitrogen and oxygen atoms in total. The number of anilines is 4. The average Bonchev–Trinajstić information content (AvgIpc) is 3.40. The molecule has 0 spiro atoms. The molecule has 0 radical (unpaired) electrons. The second kappa shape index (κ2) is 7.05. The third kappa shape index (κ3) is 2.47. The van der Waals surface area contributed by atoms with Gasteiger partial charge in [0, 0.05) is 22.2 Å². The normalized spacial score (nSPS) is 26.0. The zero-order valence-electron chi connectivity index (χ0n) is 19.8. The van der Waals surface area contributed by atoms with Crippen LogP contribution in [-0.2, 0) is 5.41 Å². The van der Waals surface area contributed by atoms with Gasteiger partial charge in [0.05, 0.1) is 11.0 Å². The summed E-state index contributed by atoms with van der Waals surface area (Å²) in [5, 5.41) is 0. The van der Waals surface area contributed by atoms with Crippen LogP contribution in [0.2, 0.25) is 0 Å². The van der Waals surface area contributed by atoms with Gasteiger partial charge in [-0.3, -0.25) is 0 Å². The zero-order chi connectivity index (χ0) is 22.8. The lowest BCUT2D eigenvalue weighted by atomic mass is 9.78. The predicted octanol–water partition coefficient (Wildman–Crippen LogP) is 7.34. The summed E-state index contributed by atoms with van der Waals surface area (Å²) in [4.78, 5) is 15.3. The number of nitrogens with zero attached hydrogens (tertiary/aromatic N) is 4. The molecule has 4 heteroatoms. The van der Waals surface area contributed by atoms with Crippen molar-refractivity contribution in [2.75, 3.05) is 9.80 Å². The van der Waals surface area contributed by atoms with Crippen molar-refractivity contribution in [3.05, 3.63) is 84.4 Å². The molecule has 33 heavy (non-hydrogen) atoms. The molecule has 3 aliphatic rings. The van der Waals surface area contributed by atoms with Gasteiger partial charge in [0.25, 0.3) is 0 Å². The molecule has 166 valence electrons. The molecule has 1 saturated carbocycles. The number of hydrogen-bond donors (Lipinski definition) is 0. The molecule has 0 bridgehead atoms. The van der Waals surface area contributed by atoms with Crippen molar-refractivity contribution in [3.63, 3.8) is 0 Å². The minimum absolute atomic E-state index is 0.126. The summed E-state index contributed by atoms with van der Waals surface area (Å²) < 4.78 is 0. The molecule has 2 aliphatic heterocycles. The maximum atomic E-state index is 5.17. The smallest absolute Gasteiger partial charge is 0.179 e. The van der Waals surface area contributed by atoms with E-state index in [4.69, 9.17) is 9.97 Å². The Hall–Kier alpha value is -3.40. The minimum Gasteiger partial charge on any atom is -0.301 e. The first kappa shape index (κ1) is 20.2. The van der Waals surface area contributed by atoms with E-state index in [1.165, 1.54) is 23.4 Å². The van der Waals surface area contributed by atoms with Crippen molar-refractivity contribution >= 4 is 34.0 Å².